The van der Waals surface area contributed by atoms with Crippen molar-refractivity contribution in [2.45, 2.75) is 29.8 Å². The van der Waals surface area contributed by atoms with Crippen molar-refractivity contribution in [2.24, 2.45) is 0 Å². The fraction of sp³-hybridized carbons (Fsp3) is 0.143. The van der Waals surface area contributed by atoms with E-state index in [0.717, 1.165) is 12.1 Å². The maximum atomic E-state index is 11.8. The molecule has 1 aliphatic heterocycles. The summed E-state index contributed by atoms with van der Waals surface area (Å²) in [7, 11) is -2.23. The van der Waals surface area contributed by atoms with E-state index in [-0.39, 0.29) is 6.04 Å². The molecular weight excluding hydrogens is 478 g/mol. The topological polar surface area (TPSA) is 32.3 Å². The van der Waals surface area contributed by atoms with Crippen molar-refractivity contribution in [3.05, 3.63) is 168 Å². The molecule has 188 valence electrons. The number of rotatable bonds is 7. The van der Waals surface area contributed by atoms with Crippen molar-refractivity contribution >= 4 is 18.4 Å². The number of hydrogen-bond donors (Lipinski definition) is 2. The Kier molecular flexibility index (Phi) is 6.82. The van der Waals surface area contributed by atoms with Gasteiger partial charge in [-0.15, -0.1) is 0 Å². The van der Waals surface area contributed by atoms with Gasteiger partial charge in [-0.3, -0.25) is 5.32 Å². The van der Waals surface area contributed by atoms with Crippen LogP contribution in [0, 0.1) is 0 Å². The predicted molar refractivity (Wildman–Crippen MR) is 160 cm³/mol. The molecule has 38 heavy (non-hydrogen) atoms. The lowest BCUT2D eigenvalue weighted by Gasteiger charge is -2.40. The van der Waals surface area contributed by atoms with Crippen molar-refractivity contribution in [2.75, 3.05) is 0 Å². The van der Waals surface area contributed by atoms with Gasteiger partial charge < -0.3 is 5.11 Å². The molecule has 0 bridgehead atoms. The minimum Gasteiger partial charge on any atom is -0.392 e. The van der Waals surface area contributed by atoms with E-state index >= 15 is 0 Å². The lowest BCUT2D eigenvalue weighted by atomic mass is 9.76. The second kappa shape index (κ2) is 10.5. The quantitative estimate of drug-likeness (QED) is 0.221. The van der Waals surface area contributed by atoms with E-state index in [1.165, 1.54) is 27.1 Å². The molecule has 5 aromatic carbocycles. The summed E-state index contributed by atoms with van der Waals surface area (Å²) < 4.78 is 0. The van der Waals surface area contributed by atoms with Crippen LogP contribution in [-0.2, 0) is 5.54 Å². The summed E-state index contributed by atoms with van der Waals surface area (Å²) in [6.45, 7) is 0. The van der Waals surface area contributed by atoms with Gasteiger partial charge in [-0.05, 0) is 28.8 Å². The molecule has 0 aliphatic carbocycles. The average molecular weight is 512 g/mol. The van der Waals surface area contributed by atoms with Gasteiger partial charge in [0, 0.05) is 6.04 Å². The van der Waals surface area contributed by atoms with Crippen LogP contribution in [0.4, 0.5) is 0 Å². The van der Waals surface area contributed by atoms with Crippen LogP contribution in [0.1, 0.15) is 16.7 Å². The third-order valence-electron chi connectivity index (χ3n) is 8.27. The molecule has 1 aliphatic rings. The summed E-state index contributed by atoms with van der Waals surface area (Å²) in [5, 5.41) is 18.7. The van der Waals surface area contributed by atoms with Gasteiger partial charge >= 0.3 is 0 Å². The normalized spacial score (nSPS) is 18.8. The van der Waals surface area contributed by atoms with E-state index < -0.39 is 19.7 Å². The van der Waals surface area contributed by atoms with Crippen LogP contribution >= 0.6 is 0 Å². The van der Waals surface area contributed by atoms with Gasteiger partial charge in [0.25, 0.3) is 0 Å². The number of nitrogens with one attached hydrogen (secondary N) is 1. The Balaban J connectivity index is 1.51. The molecule has 1 fully saturated rings. The Bertz CT molecular complexity index is 1310. The highest BCUT2D eigenvalue weighted by atomic mass is 28.3. The molecule has 0 aromatic heterocycles. The molecule has 3 heteroatoms. The zero-order valence-corrected chi connectivity index (χ0v) is 22.4. The Labute approximate surface area is 226 Å². The molecule has 6 rings (SSSR count). The van der Waals surface area contributed by atoms with Crippen LogP contribution in [0.25, 0.3) is 0 Å². The van der Waals surface area contributed by atoms with Gasteiger partial charge in [-0.2, -0.15) is 0 Å². The van der Waals surface area contributed by atoms with Crippen molar-refractivity contribution in [1.82, 2.24) is 5.32 Å². The summed E-state index contributed by atoms with van der Waals surface area (Å²) in [4.78, 5) is 0. The van der Waals surface area contributed by atoms with Gasteiger partial charge in [-0.25, -0.2) is 0 Å². The molecule has 2 nitrogen and oxygen atoms in total. The molecule has 0 radical (unpaired) electrons. The molecule has 2 N–H and O–H groups in total. The zero-order valence-electron chi connectivity index (χ0n) is 21.4. The summed E-state index contributed by atoms with van der Waals surface area (Å²) in [5.41, 5.74) is 2.90. The van der Waals surface area contributed by atoms with Crippen molar-refractivity contribution < 1.29 is 5.11 Å². The first kappa shape index (κ1) is 24.6. The van der Waals surface area contributed by atoms with Gasteiger partial charge in [0.15, 0.2) is 0 Å². The Morgan fingerprint density at radius 3 is 1.21 bits per heavy atom. The zero-order chi connectivity index (χ0) is 25.8. The molecule has 5 aromatic rings. The molecule has 2 atom stereocenters. The maximum Gasteiger partial charge on any atom is 0.122 e. The van der Waals surface area contributed by atoms with Crippen LogP contribution in [-0.4, -0.2) is 25.3 Å². The highest BCUT2D eigenvalue weighted by Gasteiger charge is 2.51. The van der Waals surface area contributed by atoms with Crippen LogP contribution < -0.4 is 15.7 Å². The van der Waals surface area contributed by atoms with Crippen LogP contribution in [0.2, 0.25) is 12.1 Å². The first-order valence-electron chi connectivity index (χ1n) is 13.5. The third kappa shape index (κ3) is 4.33. The van der Waals surface area contributed by atoms with Gasteiger partial charge in [0.1, 0.15) is 8.07 Å². The second-order valence-corrected chi connectivity index (χ2v) is 14.5. The first-order valence-corrected chi connectivity index (χ1v) is 15.9. The fourth-order valence-electron chi connectivity index (χ4n) is 6.49. The molecular formula is C35H33NOSi. The van der Waals surface area contributed by atoms with Crippen molar-refractivity contribution in [3.8, 4) is 0 Å². The fourth-order valence-corrected chi connectivity index (χ4v) is 11.7. The average Bonchev–Trinajstić information content (AvgIpc) is 3.34. The Morgan fingerprint density at radius 1 is 0.500 bits per heavy atom. The Hall–Kier alpha value is -3.76. The van der Waals surface area contributed by atoms with Crippen molar-refractivity contribution in [1.29, 1.82) is 0 Å². The lowest BCUT2D eigenvalue weighted by Crippen LogP contribution is -2.58. The Morgan fingerprint density at radius 2 is 0.842 bits per heavy atom. The summed E-state index contributed by atoms with van der Waals surface area (Å²) in [6.07, 6.45) is -0.461. The molecule has 0 saturated carbocycles. The monoisotopic (exact) mass is 511 g/mol. The lowest BCUT2D eigenvalue weighted by molar-refractivity contribution is 0.150. The largest absolute Gasteiger partial charge is 0.392 e. The molecule has 0 unspecified atom stereocenters. The molecule has 0 spiro atoms. The predicted octanol–water partition coefficient (Wildman–Crippen LogP) is 5.57. The number of aliphatic hydroxyl groups excluding tert-OH is 1. The maximum absolute atomic E-state index is 11.8. The smallest absolute Gasteiger partial charge is 0.122 e. The van der Waals surface area contributed by atoms with Gasteiger partial charge in [0.2, 0.25) is 0 Å². The van der Waals surface area contributed by atoms with E-state index in [4.69, 9.17) is 0 Å². The van der Waals surface area contributed by atoms with E-state index in [9.17, 15) is 5.11 Å². The number of hydrogen-bond acceptors (Lipinski definition) is 2. The molecule has 0 amide bonds. The van der Waals surface area contributed by atoms with Gasteiger partial charge in [0.05, 0.1) is 11.6 Å². The summed E-state index contributed by atoms with van der Waals surface area (Å²) >= 11 is 0. The number of benzene rings is 5. The first-order chi connectivity index (χ1) is 18.7. The summed E-state index contributed by atoms with van der Waals surface area (Å²) in [6, 6.07) is 55.5. The SMILES string of the molecule is O[C@H]1C[Si](c2ccccc2)(c2ccccc2)C[C@@H]1NC(c1ccccc1)(c1ccccc1)c1ccccc1. The van der Waals surface area contributed by atoms with Crippen LogP contribution in [0.15, 0.2) is 152 Å². The highest BCUT2D eigenvalue weighted by molar-refractivity contribution is 7.03. The number of aliphatic hydroxyl groups is 1. The molecule has 1 heterocycles. The minimum absolute atomic E-state index is 0.0808. The second-order valence-electron chi connectivity index (χ2n) is 10.4. The van der Waals surface area contributed by atoms with Crippen LogP contribution in [0.5, 0.6) is 0 Å². The van der Waals surface area contributed by atoms with E-state index in [1.807, 2.05) is 0 Å². The minimum atomic E-state index is -2.23. The van der Waals surface area contributed by atoms with E-state index in [1.54, 1.807) is 0 Å². The van der Waals surface area contributed by atoms with Gasteiger partial charge in [-0.1, -0.05) is 162 Å². The third-order valence-corrected chi connectivity index (χ3v) is 13.4. The van der Waals surface area contributed by atoms with Crippen LogP contribution in [0.3, 0.4) is 0 Å². The standard InChI is InChI=1S/C35H33NOSi/c37-34-27-38(31-22-12-4-13-23-31,32-24-14-5-15-25-32)26-33(34)36-35(28-16-6-1-7-17-28,29-18-8-2-9-19-29)30-20-10-3-11-21-30/h1-25,33-34,36-37H,26-27H2/t33-,34-/m0/s1. The van der Waals surface area contributed by atoms with E-state index in [2.05, 4.69) is 157 Å². The van der Waals surface area contributed by atoms with Crippen molar-refractivity contribution in [3.63, 3.8) is 0 Å². The molecule has 1 saturated heterocycles. The highest BCUT2D eigenvalue weighted by Crippen LogP contribution is 2.40. The van der Waals surface area contributed by atoms with E-state index in [0.29, 0.717) is 0 Å². The summed E-state index contributed by atoms with van der Waals surface area (Å²) in [5.74, 6) is 0.